The second kappa shape index (κ2) is 3.48. The topological polar surface area (TPSA) is 46.3 Å². The van der Waals surface area contributed by atoms with E-state index in [1.165, 1.54) is 12.5 Å². The minimum Gasteiger partial charge on any atom is -0.472 e. The minimum atomic E-state index is -0.00764. The molecule has 2 aromatic heterocycles. The van der Waals surface area contributed by atoms with E-state index in [1.807, 2.05) is 12.1 Å². The van der Waals surface area contributed by atoms with E-state index in [4.69, 9.17) is 4.42 Å². The zero-order valence-corrected chi connectivity index (χ0v) is 8.59. The summed E-state index contributed by atoms with van der Waals surface area (Å²) in [6.07, 6.45) is 4.73. The Morgan fingerprint density at radius 2 is 2.31 bits per heavy atom. The Morgan fingerprint density at radius 1 is 1.38 bits per heavy atom. The SMILES string of the molecule is O=C(c1ccoc1)N1Cc2cccnc2C1. The number of pyridine rings is 1. The van der Waals surface area contributed by atoms with Crippen LogP contribution in [0.15, 0.2) is 41.3 Å². The quantitative estimate of drug-likeness (QED) is 0.727. The summed E-state index contributed by atoms with van der Waals surface area (Å²) in [5, 5.41) is 0. The van der Waals surface area contributed by atoms with Crippen molar-refractivity contribution in [2.24, 2.45) is 0 Å². The Morgan fingerprint density at radius 3 is 3.06 bits per heavy atom. The van der Waals surface area contributed by atoms with Gasteiger partial charge in [-0.15, -0.1) is 0 Å². The summed E-state index contributed by atoms with van der Waals surface area (Å²) in [6.45, 7) is 1.22. The van der Waals surface area contributed by atoms with Crippen LogP contribution in [-0.4, -0.2) is 15.8 Å². The summed E-state index contributed by atoms with van der Waals surface area (Å²) in [4.78, 5) is 18.0. The van der Waals surface area contributed by atoms with Gasteiger partial charge in [-0.25, -0.2) is 0 Å². The number of hydrogen-bond donors (Lipinski definition) is 0. The van der Waals surface area contributed by atoms with Gasteiger partial charge in [0, 0.05) is 12.7 Å². The van der Waals surface area contributed by atoms with Crippen LogP contribution in [-0.2, 0) is 13.1 Å². The van der Waals surface area contributed by atoms with Crippen molar-refractivity contribution in [2.45, 2.75) is 13.1 Å². The number of furan rings is 1. The molecule has 16 heavy (non-hydrogen) atoms. The van der Waals surface area contributed by atoms with Crippen molar-refractivity contribution in [3.05, 3.63) is 53.7 Å². The van der Waals surface area contributed by atoms with Crippen LogP contribution in [0.25, 0.3) is 0 Å². The second-order valence-corrected chi connectivity index (χ2v) is 3.78. The molecule has 80 valence electrons. The lowest BCUT2D eigenvalue weighted by molar-refractivity contribution is 0.0749. The summed E-state index contributed by atoms with van der Waals surface area (Å²) in [5.41, 5.74) is 2.70. The number of hydrogen-bond acceptors (Lipinski definition) is 3. The van der Waals surface area contributed by atoms with Gasteiger partial charge in [0.1, 0.15) is 6.26 Å². The maximum atomic E-state index is 12.0. The molecular weight excluding hydrogens is 204 g/mol. The number of amides is 1. The molecule has 0 saturated carbocycles. The molecule has 0 atom stereocenters. The third-order valence-corrected chi connectivity index (χ3v) is 2.74. The Kier molecular flexibility index (Phi) is 1.99. The number of fused-ring (bicyclic) bond motifs is 1. The standard InChI is InChI=1S/C12H10N2O2/c15-12(10-3-5-16-8-10)14-6-9-2-1-4-13-11(9)7-14/h1-5,8H,6-7H2. The Bertz CT molecular complexity index is 495. The van der Waals surface area contributed by atoms with E-state index >= 15 is 0 Å². The second-order valence-electron chi connectivity index (χ2n) is 3.78. The highest BCUT2D eigenvalue weighted by atomic mass is 16.3. The number of nitrogens with zero attached hydrogens (tertiary/aromatic N) is 2. The molecule has 0 radical (unpaired) electrons. The number of aromatic nitrogens is 1. The number of carbonyl (C=O) groups excluding carboxylic acids is 1. The maximum Gasteiger partial charge on any atom is 0.257 e. The first-order valence-electron chi connectivity index (χ1n) is 5.09. The lowest BCUT2D eigenvalue weighted by Gasteiger charge is -2.13. The van der Waals surface area contributed by atoms with Gasteiger partial charge in [-0.2, -0.15) is 0 Å². The summed E-state index contributed by atoms with van der Waals surface area (Å²) >= 11 is 0. The lowest BCUT2D eigenvalue weighted by atomic mass is 10.2. The highest BCUT2D eigenvalue weighted by Gasteiger charge is 2.25. The van der Waals surface area contributed by atoms with Crippen LogP contribution in [0, 0.1) is 0 Å². The first kappa shape index (κ1) is 9.15. The molecular formula is C12H10N2O2. The molecule has 0 unspecified atom stereocenters. The third kappa shape index (κ3) is 1.39. The molecule has 4 heteroatoms. The van der Waals surface area contributed by atoms with Gasteiger partial charge in [0.2, 0.25) is 0 Å². The largest absolute Gasteiger partial charge is 0.472 e. The van der Waals surface area contributed by atoms with Gasteiger partial charge in [-0.1, -0.05) is 6.07 Å². The van der Waals surface area contributed by atoms with E-state index in [9.17, 15) is 4.79 Å². The molecule has 3 rings (SSSR count). The van der Waals surface area contributed by atoms with Crippen molar-refractivity contribution in [1.82, 2.24) is 9.88 Å². The summed E-state index contributed by atoms with van der Waals surface area (Å²) in [7, 11) is 0. The zero-order chi connectivity index (χ0) is 11.0. The van der Waals surface area contributed by atoms with Crippen LogP contribution in [0.3, 0.4) is 0 Å². The predicted molar refractivity (Wildman–Crippen MR) is 56.5 cm³/mol. The average molecular weight is 214 g/mol. The predicted octanol–water partition coefficient (Wildman–Crippen LogP) is 1.83. The van der Waals surface area contributed by atoms with E-state index in [0.717, 1.165) is 11.3 Å². The summed E-state index contributed by atoms with van der Waals surface area (Å²) < 4.78 is 4.91. The van der Waals surface area contributed by atoms with E-state index < -0.39 is 0 Å². The first-order chi connectivity index (χ1) is 7.84. The highest BCUT2D eigenvalue weighted by Crippen LogP contribution is 2.22. The van der Waals surface area contributed by atoms with Gasteiger partial charge in [0.05, 0.1) is 24.1 Å². The molecule has 0 spiro atoms. The van der Waals surface area contributed by atoms with Gasteiger partial charge >= 0.3 is 0 Å². The van der Waals surface area contributed by atoms with E-state index in [1.54, 1.807) is 17.2 Å². The van der Waals surface area contributed by atoms with Crippen molar-refractivity contribution in [3.63, 3.8) is 0 Å². The first-order valence-corrected chi connectivity index (χ1v) is 5.09. The number of carbonyl (C=O) groups is 1. The molecule has 0 aliphatic carbocycles. The molecule has 0 N–H and O–H groups in total. The van der Waals surface area contributed by atoms with Crippen LogP contribution in [0.2, 0.25) is 0 Å². The van der Waals surface area contributed by atoms with Crippen molar-refractivity contribution >= 4 is 5.91 Å². The Hall–Kier alpha value is -2.10. The van der Waals surface area contributed by atoms with Gasteiger partial charge < -0.3 is 9.32 Å². The number of rotatable bonds is 1. The van der Waals surface area contributed by atoms with Crippen LogP contribution in [0.5, 0.6) is 0 Å². The van der Waals surface area contributed by atoms with Crippen molar-refractivity contribution in [1.29, 1.82) is 0 Å². The van der Waals surface area contributed by atoms with Crippen molar-refractivity contribution in [2.75, 3.05) is 0 Å². The maximum absolute atomic E-state index is 12.0. The zero-order valence-electron chi connectivity index (χ0n) is 8.59. The summed E-state index contributed by atoms with van der Waals surface area (Å²) in [6, 6.07) is 5.58. The molecule has 0 fully saturated rings. The molecule has 4 nitrogen and oxygen atoms in total. The molecule has 1 aliphatic heterocycles. The fraction of sp³-hybridized carbons (Fsp3) is 0.167. The van der Waals surface area contributed by atoms with Crippen LogP contribution < -0.4 is 0 Å². The fourth-order valence-corrected chi connectivity index (χ4v) is 1.91. The van der Waals surface area contributed by atoms with Crippen molar-refractivity contribution in [3.8, 4) is 0 Å². The molecule has 1 aliphatic rings. The normalized spacial score (nSPS) is 13.9. The molecule has 3 heterocycles. The molecule has 0 bridgehead atoms. The van der Waals surface area contributed by atoms with Gasteiger partial charge in [0.25, 0.3) is 5.91 Å². The van der Waals surface area contributed by atoms with E-state index in [2.05, 4.69) is 4.98 Å². The van der Waals surface area contributed by atoms with Crippen LogP contribution >= 0.6 is 0 Å². The van der Waals surface area contributed by atoms with Gasteiger partial charge in [0.15, 0.2) is 0 Å². The van der Waals surface area contributed by atoms with Gasteiger partial charge in [-0.3, -0.25) is 9.78 Å². The smallest absolute Gasteiger partial charge is 0.257 e. The average Bonchev–Trinajstić information content (AvgIpc) is 2.97. The van der Waals surface area contributed by atoms with Crippen LogP contribution in [0.4, 0.5) is 0 Å². The molecule has 0 aromatic carbocycles. The van der Waals surface area contributed by atoms with Crippen molar-refractivity contribution < 1.29 is 9.21 Å². The molecule has 0 saturated heterocycles. The molecule has 1 amide bonds. The third-order valence-electron chi connectivity index (χ3n) is 2.74. The highest BCUT2D eigenvalue weighted by molar-refractivity contribution is 5.94. The monoisotopic (exact) mass is 214 g/mol. The van der Waals surface area contributed by atoms with E-state index in [-0.39, 0.29) is 5.91 Å². The fourth-order valence-electron chi connectivity index (χ4n) is 1.91. The molecule has 2 aromatic rings. The Balaban J connectivity index is 1.84. The summed E-state index contributed by atoms with van der Waals surface area (Å²) in [5.74, 6) is -0.00764. The minimum absolute atomic E-state index is 0.00764. The van der Waals surface area contributed by atoms with Gasteiger partial charge in [-0.05, 0) is 17.7 Å². The Labute approximate surface area is 92.5 Å². The lowest BCUT2D eigenvalue weighted by Crippen LogP contribution is -2.24. The van der Waals surface area contributed by atoms with E-state index in [0.29, 0.717) is 18.7 Å². The van der Waals surface area contributed by atoms with Crippen LogP contribution in [0.1, 0.15) is 21.6 Å².